The first-order chi connectivity index (χ1) is 8.43. The van der Waals surface area contributed by atoms with Crippen LogP contribution in [-0.4, -0.2) is 42.9 Å². The first kappa shape index (κ1) is 12.9. The average Bonchev–Trinajstić information content (AvgIpc) is 2.34. The molecule has 4 aliphatic rings. The molecule has 1 N–H and O–H groups in total. The molecule has 4 heterocycles. The van der Waals surface area contributed by atoms with Gasteiger partial charge in [0, 0.05) is 23.9 Å². The highest BCUT2D eigenvalue weighted by Gasteiger charge is 2.54. The zero-order valence-electron chi connectivity index (χ0n) is 12.3. The molecular weight excluding hydrogens is 224 g/mol. The maximum absolute atomic E-state index is 6.38. The molecular formula is C15H28N2O. The summed E-state index contributed by atoms with van der Waals surface area (Å²) in [5.74, 6) is 1.39. The van der Waals surface area contributed by atoms with Crippen LogP contribution in [0.4, 0.5) is 0 Å². The Morgan fingerprint density at radius 2 is 1.89 bits per heavy atom. The molecule has 104 valence electrons. The summed E-state index contributed by atoms with van der Waals surface area (Å²) in [4.78, 5) is 2.57. The van der Waals surface area contributed by atoms with Gasteiger partial charge in [-0.1, -0.05) is 27.7 Å². The summed E-state index contributed by atoms with van der Waals surface area (Å²) in [5.41, 5.74) is 0.201. The second-order valence-electron chi connectivity index (χ2n) is 7.58. The molecule has 0 amide bonds. The highest BCUT2D eigenvalue weighted by molar-refractivity contribution is 5.05. The third-order valence-electron chi connectivity index (χ3n) is 5.32. The first-order valence-electron chi connectivity index (χ1n) is 7.57. The van der Waals surface area contributed by atoms with Crippen LogP contribution in [0.25, 0.3) is 0 Å². The maximum Gasteiger partial charge on any atom is 0.135 e. The molecule has 0 radical (unpaired) electrons. The van der Waals surface area contributed by atoms with E-state index in [0.717, 1.165) is 19.1 Å². The van der Waals surface area contributed by atoms with E-state index >= 15 is 0 Å². The van der Waals surface area contributed by atoms with E-state index in [9.17, 15) is 0 Å². The summed E-state index contributed by atoms with van der Waals surface area (Å²) < 4.78 is 6.38. The average molecular weight is 252 g/mol. The Balaban J connectivity index is 1.83. The van der Waals surface area contributed by atoms with E-state index in [1.165, 1.54) is 25.9 Å². The number of fused-ring (bicyclic) bond motifs is 2. The van der Waals surface area contributed by atoms with E-state index in [0.29, 0.717) is 12.0 Å². The molecule has 18 heavy (non-hydrogen) atoms. The summed E-state index contributed by atoms with van der Waals surface area (Å²) >= 11 is 0. The molecule has 2 bridgehead atoms. The minimum absolute atomic E-state index is 0.0407. The Morgan fingerprint density at radius 1 is 1.22 bits per heavy atom. The maximum atomic E-state index is 6.38. The third-order valence-corrected chi connectivity index (χ3v) is 5.32. The Morgan fingerprint density at radius 3 is 2.39 bits per heavy atom. The highest BCUT2D eigenvalue weighted by atomic mass is 16.5. The molecule has 0 aromatic carbocycles. The quantitative estimate of drug-likeness (QED) is 0.773. The normalized spacial score (nSPS) is 46.8. The number of piperidine rings is 3. The summed E-state index contributed by atoms with van der Waals surface area (Å²) in [6.07, 6.45) is 2.61. The van der Waals surface area contributed by atoms with Crippen molar-refractivity contribution < 1.29 is 4.74 Å². The number of nitrogens with zero attached hydrogens (tertiary/aromatic N) is 1. The zero-order chi connectivity index (χ0) is 13.0. The fraction of sp³-hybridized carbons (Fsp3) is 1.00. The number of hydrogen-bond acceptors (Lipinski definition) is 3. The van der Waals surface area contributed by atoms with Crippen LogP contribution in [0.2, 0.25) is 0 Å². The van der Waals surface area contributed by atoms with Crippen molar-refractivity contribution in [2.45, 2.75) is 52.3 Å². The van der Waals surface area contributed by atoms with Gasteiger partial charge in [-0.25, -0.2) is 0 Å². The van der Waals surface area contributed by atoms with Crippen molar-refractivity contribution in [3.8, 4) is 0 Å². The topological polar surface area (TPSA) is 24.5 Å². The van der Waals surface area contributed by atoms with Crippen LogP contribution >= 0.6 is 0 Å². The molecule has 1 spiro atoms. The van der Waals surface area contributed by atoms with Gasteiger partial charge < -0.3 is 4.74 Å². The molecule has 3 nitrogen and oxygen atoms in total. The van der Waals surface area contributed by atoms with Crippen molar-refractivity contribution in [2.75, 3.05) is 26.2 Å². The van der Waals surface area contributed by atoms with Gasteiger partial charge in [0.05, 0.1) is 6.61 Å². The Kier molecular flexibility index (Phi) is 3.00. The molecule has 3 heteroatoms. The molecule has 0 aromatic rings. The predicted molar refractivity (Wildman–Crippen MR) is 73.4 cm³/mol. The van der Waals surface area contributed by atoms with Gasteiger partial charge >= 0.3 is 0 Å². The van der Waals surface area contributed by atoms with Gasteiger partial charge in [-0.3, -0.25) is 10.2 Å². The smallest absolute Gasteiger partial charge is 0.135 e. The number of rotatable bonds is 1. The van der Waals surface area contributed by atoms with Crippen LogP contribution in [0.1, 0.15) is 40.5 Å². The van der Waals surface area contributed by atoms with Gasteiger partial charge in [-0.15, -0.1) is 0 Å². The first-order valence-corrected chi connectivity index (χ1v) is 7.57. The summed E-state index contributed by atoms with van der Waals surface area (Å²) in [5, 5.41) is 3.93. The van der Waals surface area contributed by atoms with Crippen LogP contribution < -0.4 is 5.32 Å². The molecule has 0 saturated carbocycles. The van der Waals surface area contributed by atoms with E-state index in [1.807, 2.05) is 0 Å². The lowest BCUT2D eigenvalue weighted by Crippen LogP contribution is -2.74. The van der Waals surface area contributed by atoms with Crippen molar-refractivity contribution in [2.24, 2.45) is 17.3 Å². The van der Waals surface area contributed by atoms with Crippen molar-refractivity contribution in [1.29, 1.82) is 0 Å². The predicted octanol–water partition coefficient (Wildman–Crippen LogP) is 2.08. The minimum atomic E-state index is -0.0407. The molecule has 2 unspecified atom stereocenters. The third kappa shape index (κ3) is 1.91. The largest absolute Gasteiger partial charge is 0.358 e. The Bertz CT molecular complexity index is 320. The van der Waals surface area contributed by atoms with Crippen LogP contribution in [0.15, 0.2) is 0 Å². The fourth-order valence-corrected chi connectivity index (χ4v) is 4.32. The highest BCUT2D eigenvalue weighted by Crippen LogP contribution is 2.43. The lowest BCUT2D eigenvalue weighted by Gasteiger charge is -2.59. The van der Waals surface area contributed by atoms with E-state index < -0.39 is 0 Å². The van der Waals surface area contributed by atoms with Crippen molar-refractivity contribution >= 4 is 0 Å². The molecule has 2 atom stereocenters. The Hall–Kier alpha value is -0.120. The Labute approximate surface area is 111 Å². The lowest BCUT2D eigenvalue weighted by molar-refractivity contribution is -0.229. The number of nitrogens with one attached hydrogen (secondary N) is 1. The van der Waals surface area contributed by atoms with Crippen LogP contribution in [0.5, 0.6) is 0 Å². The zero-order valence-corrected chi connectivity index (χ0v) is 12.3. The van der Waals surface area contributed by atoms with Crippen LogP contribution in [-0.2, 0) is 4.74 Å². The van der Waals surface area contributed by atoms with Crippen LogP contribution in [0.3, 0.4) is 0 Å². The molecule has 4 fully saturated rings. The molecule has 0 aromatic heterocycles. The van der Waals surface area contributed by atoms with E-state index in [-0.39, 0.29) is 11.1 Å². The second-order valence-corrected chi connectivity index (χ2v) is 7.58. The van der Waals surface area contributed by atoms with E-state index in [2.05, 4.69) is 37.9 Å². The van der Waals surface area contributed by atoms with Crippen molar-refractivity contribution in [3.63, 3.8) is 0 Å². The van der Waals surface area contributed by atoms with E-state index in [4.69, 9.17) is 4.74 Å². The van der Waals surface area contributed by atoms with Gasteiger partial charge in [-0.05, 0) is 31.8 Å². The SMILES string of the molecule is CC(C)C1NC2(CN3CCC2CC3)OCC1(C)C. The summed E-state index contributed by atoms with van der Waals surface area (Å²) in [6, 6.07) is 0.562. The van der Waals surface area contributed by atoms with E-state index in [1.54, 1.807) is 0 Å². The lowest BCUT2D eigenvalue weighted by atomic mass is 9.73. The second kappa shape index (κ2) is 4.19. The van der Waals surface area contributed by atoms with Gasteiger partial charge in [0.1, 0.15) is 5.72 Å². The van der Waals surface area contributed by atoms with Crippen LogP contribution in [0, 0.1) is 17.3 Å². The number of hydrogen-bond donors (Lipinski definition) is 1. The van der Waals surface area contributed by atoms with Gasteiger partial charge in [0.15, 0.2) is 0 Å². The monoisotopic (exact) mass is 252 g/mol. The van der Waals surface area contributed by atoms with Crippen molar-refractivity contribution in [3.05, 3.63) is 0 Å². The van der Waals surface area contributed by atoms with Crippen molar-refractivity contribution in [1.82, 2.24) is 10.2 Å². The van der Waals surface area contributed by atoms with Gasteiger partial charge in [0.25, 0.3) is 0 Å². The molecule has 4 aliphatic heterocycles. The summed E-state index contributed by atoms with van der Waals surface area (Å²) in [7, 11) is 0. The van der Waals surface area contributed by atoms with Gasteiger partial charge in [0.2, 0.25) is 0 Å². The molecule has 0 aliphatic carbocycles. The van der Waals surface area contributed by atoms with Gasteiger partial charge in [-0.2, -0.15) is 0 Å². The minimum Gasteiger partial charge on any atom is -0.358 e. The standard InChI is InChI=1S/C15H28N2O/c1-11(2)13-14(3,4)10-18-15(16-13)9-17-7-5-12(15)6-8-17/h11-13,16H,5-10H2,1-4H3. The number of ether oxygens (including phenoxy) is 1. The molecule has 4 rings (SSSR count). The fourth-order valence-electron chi connectivity index (χ4n) is 4.32. The molecule has 4 saturated heterocycles. The summed E-state index contributed by atoms with van der Waals surface area (Å²) in [6.45, 7) is 13.9.